The molecule has 108 valence electrons. The van der Waals surface area contributed by atoms with E-state index in [0.29, 0.717) is 5.91 Å². The molecule has 0 atom stereocenters. The lowest BCUT2D eigenvalue weighted by Crippen LogP contribution is -2.38. The second-order valence-electron chi connectivity index (χ2n) is 5.62. The Bertz CT molecular complexity index is 503. The zero-order chi connectivity index (χ0) is 13.9. The van der Waals surface area contributed by atoms with E-state index < -0.39 is 0 Å². The molecule has 0 radical (unpaired) electrons. The van der Waals surface area contributed by atoms with Gasteiger partial charge >= 0.3 is 0 Å². The Morgan fingerprint density at radius 1 is 1.25 bits per heavy atom. The fraction of sp³-hybridized carbons (Fsp3) is 0.667. The van der Waals surface area contributed by atoms with Crippen LogP contribution in [-0.2, 0) is 24.2 Å². The summed E-state index contributed by atoms with van der Waals surface area (Å²) < 4.78 is 0. The molecular formula is C15H22N4O. The van der Waals surface area contributed by atoms with E-state index in [1.54, 1.807) is 0 Å². The lowest BCUT2D eigenvalue weighted by atomic mass is 10.1. The van der Waals surface area contributed by atoms with E-state index in [2.05, 4.69) is 21.8 Å². The number of amides is 1. The van der Waals surface area contributed by atoms with Gasteiger partial charge in [-0.3, -0.25) is 9.69 Å². The van der Waals surface area contributed by atoms with Crippen molar-refractivity contribution < 1.29 is 4.79 Å². The summed E-state index contributed by atoms with van der Waals surface area (Å²) in [5.41, 5.74) is 2.46. The molecule has 5 heteroatoms. The van der Waals surface area contributed by atoms with Crippen molar-refractivity contribution in [3.63, 3.8) is 0 Å². The Labute approximate surface area is 120 Å². The minimum absolute atomic E-state index is 0.318. The molecule has 0 unspecified atom stereocenters. The van der Waals surface area contributed by atoms with Gasteiger partial charge in [-0.05, 0) is 18.4 Å². The van der Waals surface area contributed by atoms with Crippen LogP contribution in [0.5, 0.6) is 0 Å². The summed E-state index contributed by atoms with van der Waals surface area (Å²) in [6.07, 6.45) is 5.65. The molecule has 0 aliphatic carbocycles. The molecule has 0 bridgehead atoms. The molecule has 5 nitrogen and oxygen atoms in total. The highest BCUT2D eigenvalue weighted by Gasteiger charge is 2.22. The summed E-state index contributed by atoms with van der Waals surface area (Å²) in [5.74, 6) is 1.25. The standard InChI is InChI=1S/C15H22N4O/c1-2-14-16-10-12-5-7-18(11-13(12)17-14)8-9-19-6-3-4-15(19)20/h10H,2-9,11H2,1H3. The van der Waals surface area contributed by atoms with Crippen LogP contribution in [0.1, 0.15) is 36.8 Å². The van der Waals surface area contributed by atoms with Crippen LogP contribution in [-0.4, -0.2) is 51.9 Å². The Balaban J connectivity index is 1.58. The van der Waals surface area contributed by atoms with Crippen molar-refractivity contribution in [2.75, 3.05) is 26.2 Å². The van der Waals surface area contributed by atoms with Crippen LogP contribution in [0, 0.1) is 0 Å². The summed E-state index contributed by atoms with van der Waals surface area (Å²) in [6.45, 7) is 6.78. The molecule has 3 heterocycles. The van der Waals surface area contributed by atoms with Gasteiger partial charge in [0.25, 0.3) is 0 Å². The van der Waals surface area contributed by atoms with Crippen LogP contribution in [0.25, 0.3) is 0 Å². The van der Waals surface area contributed by atoms with Gasteiger partial charge in [0.15, 0.2) is 0 Å². The normalized spacial score (nSPS) is 19.4. The molecule has 1 aromatic rings. The van der Waals surface area contributed by atoms with E-state index in [1.807, 2.05) is 11.1 Å². The summed E-state index contributed by atoms with van der Waals surface area (Å²) in [5, 5.41) is 0. The van der Waals surface area contributed by atoms with Crippen LogP contribution in [0.15, 0.2) is 6.20 Å². The van der Waals surface area contributed by atoms with Crippen molar-refractivity contribution in [2.24, 2.45) is 0 Å². The van der Waals surface area contributed by atoms with Crippen molar-refractivity contribution in [3.05, 3.63) is 23.3 Å². The molecule has 2 aliphatic heterocycles. The summed E-state index contributed by atoms with van der Waals surface area (Å²) >= 11 is 0. The minimum Gasteiger partial charge on any atom is -0.341 e. The van der Waals surface area contributed by atoms with E-state index >= 15 is 0 Å². The molecule has 1 saturated heterocycles. The Kier molecular flexibility index (Phi) is 3.96. The van der Waals surface area contributed by atoms with Crippen molar-refractivity contribution in [2.45, 2.75) is 39.2 Å². The predicted octanol–water partition coefficient (Wildman–Crippen LogP) is 1.02. The molecule has 1 fully saturated rings. The molecule has 1 aromatic heterocycles. The van der Waals surface area contributed by atoms with Crippen molar-refractivity contribution >= 4 is 5.91 Å². The van der Waals surface area contributed by atoms with Crippen LogP contribution >= 0.6 is 0 Å². The largest absolute Gasteiger partial charge is 0.341 e. The zero-order valence-electron chi connectivity index (χ0n) is 12.1. The molecule has 0 N–H and O–H groups in total. The number of carbonyl (C=O) groups excluding carboxylic acids is 1. The number of rotatable bonds is 4. The first-order valence-electron chi connectivity index (χ1n) is 7.60. The third-order valence-corrected chi connectivity index (χ3v) is 4.25. The predicted molar refractivity (Wildman–Crippen MR) is 76.2 cm³/mol. The second-order valence-corrected chi connectivity index (χ2v) is 5.62. The lowest BCUT2D eigenvalue weighted by molar-refractivity contribution is -0.127. The van der Waals surface area contributed by atoms with Gasteiger partial charge in [0.2, 0.25) is 5.91 Å². The van der Waals surface area contributed by atoms with E-state index in [9.17, 15) is 4.79 Å². The average molecular weight is 274 g/mol. The smallest absolute Gasteiger partial charge is 0.222 e. The first kappa shape index (κ1) is 13.5. The highest BCUT2D eigenvalue weighted by atomic mass is 16.2. The topological polar surface area (TPSA) is 49.3 Å². The van der Waals surface area contributed by atoms with Gasteiger partial charge in [0.05, 0.1) is 5.69 Å². The molecule has 0 saturated carbocycles. The average Bonchev–Trinajstić information content (AvgIpc) is 2.89. The van der Waals surface area contributed by atoms with Crippen LogP contribution in [0.2, 0.25) is 0 Å². The number of likely N-dealkylation sites (tertiary alicyclic amines) is 1. The van der Waals surface area contributed by atoms with Crippen molar-refractivity contribution in [3.8, 4) is 0 Å². The maximum atomic E-state index is 11.6. The number of nitrogens with zero attached hydrogens (tertiary/aromatic N) is 4. The first-order chi connectivity index (χ1) is 9.76. The molecule has 0 aromatic carbocycles. The maximum absolute atomic E-state index is 11.6. The van der Waals surface area contributed by atoms with Gasteiger partial charge < -0.3 is 4.90 Å². The lowest BCUT2D eigenvalue weighted by Gasteiger charge is -2.29. The van der Waals surface area contributed by atoms with Crippen LogP contribution < -0.4 is 0 Å². The fourth-order valence-electron chi connectivity index (χ4n) is 2.96. The maximum Gasteiger partial charge on any atom is 0.222 e. The molecule has 20 heavy (non-hydrogen) atoms. The third-order valence-electron chi connectivity index (χ3n) is 4.25. The summed E-state index contributed by atoms with van der Waals surface area (Å²) in [7, 11) is 0. The Hall–Kier alpha value is -1.49. The molecule has 0 spiro atoms. The number of aryl methyl sites for hydroxylation is 1. The fourth-order valence-corrected chi connectivity index (χ4v) is 2.96. The molecule has 2 aliphatic rings. The number of hydrogen-bond acceptors (Lipinski definition) is 4. The van der Waals surface area contributed by atoms with Crippen molar-refractivity contribution in [1.82, 2.24) is 19.8 Å². The van der Waals surface area contributed by atoms with Crippen LogP contribution in [0.3, 0.4) is 0 Å². The Morgan fingerprint density at radius 2 is 2.15 bits per heavy atom. The van der Waals surface area contributed by atoms with Gasteiger partial charge in [-0.1, -0.05) is 6.92 Å². The van der Waals surface area contributed by atoms with E-state index in [-0.39, 0.29) is 0 Å². The van der Waals surface area contributed by atoms with Crippen LogP contribution in [0.4, 0.5) is 0 Å². The summed E-state index contributed by atoms with van der Waals surface area (Å²) in [6, 6.07) is 0. The van der Waals surface area contributed by atoms with E-state index in [4.69, 9.17) is 0 Å². The van der Waals surface area contributed by atoms with Gasteiger partial charge in [0.1, 0.15) is 5.82 Å². The van der Waals surface area contributed by atoms with Gasteiger partial charge in [-0.2, -0.15) is 0 Å². The molecule has 1 amide bonds. The van der Waals surface area contributed by atoms with E-state index in [0.717, 1.165) is 64.2 Å². The SMILES string of the molecule is CCc1ncc2c(n1)CN(CCN1CCCC1=O)CC2. The highest BCUT2D eigenvalue weighted by molar-refractivity contribution is 5.78. The number of carbonyl (C=O) groups is 1. The number of hydrogen-bond donors (Lipinski definition) is 0. The zero-order valence-corrected chi connectivity index (χ0v) is 12.1. The molecular weight excluding hydrogens is 252 g/mol. The van der Waals surface area contributed by atoms with Gasteiger partial charge in [-0.25, -0.2) is 9.97 Å². The Morgan fingerprint density at radius 3 is 2.90 bits per heavy atom. The highest BCUT2D eigenvalue weighted by Crippen LogP contribution is 2.17. The number of aromatic nitrogens is 2. The third kappa shape index (κ3) is 2.82. The second kappa shape index (κ2) is 5.87. The minimum atomic E-state index is 0.318. The molecule has 3 rings (SSSR count). The summed E-state index contributed by atoms with van der Waals surface area (Å²) in [4.78, 5) is 25.0. The quantitative estimate of drug-likeness (QED) is 0.822. The monoisotopic (exact) mass is 274 g/mol. The van der Waals surface area contributed by atoms with E-state index in [1.165, 1.54) is 11.3 Å². The number of fused-ring (bicyclic) bond motifs is 1. The van der Waals surface area contributed by atoms with Gasteiger partial charge in [-0.15, -0.1) is 0 Å². The first-order valence-corrected chi connectivity index (χ1v) is 7.60. The van der Waals surface area contributed by atoms with Crippen molar-refractivity contribution in [1.29, 1.82) is 0 Å². The van der Waals surface area contributed by atoms with Gasteiger partial charge in [0, 0.05) is 51.8 Å².